The number of aromatic nitrogens is 1. The fourth-order valence-corrected chi connectivity index (χ4v) is 2.67. The quantitative estimate of drug-likeness (QED) is 0.433. The van der Waals surface area contributed by atoms with Crippen LogP contribution in [0.1, 0.15) is 74.8 Å². The van der Waals surface area contributed by atoms with Crippen molar-refractivity contribution in [3.63, 3.8) is 0 Å². The molecule has 2 aromatic rings. The Hall–Kier alpha value is -2.07. The van der Waals surface area contributed by atoms with Crippen LogP contribution in [-0.4, -0.2) is 4.98 Å². The molecule has 0 unspecified atom stereocenters. The van der Waals surface area contributed by atoms with Gasteiger partial charge in [-0.05, 0) is 60.9 Å². The molecule has 0 N–H and O–H groups in total. The van der Waals surface area contributed by atoms with Crippen molar-refractivity contribution >= 4 is 0 Å². The summed E-state index contributed by atoms with van der Waals surface area (Å²) < 4.78 is 0. The minimum absolute atomic E-state index is 0.846. The Labute approximate surface area is 147 Å². The van der Waals surface area contributed by atoms with Crippen molar-refractivity contribution in [2.24, 2.45) is 0 Å². The summed E-state index contributed by atoms with van der Waals surface area (Å²) in [4.78, 5) is 4.45. The van der Waals surface area contributed by atoms with Gasteiger partial charge in [0.25, 0.3) is 0 Å². The Morgan fingerprint density at radius 1 is 0.708 bits per heavy atom. The zero-order chi connectivity index (χ0) is 17.0. The Morgan fingerprint density at radius 3 is 2.08 bits per heavy atom. The Morgan fingerprint density at radius 2 is 1.42 bits per heavy atom. The Balaban J connectivity index is 1.88. The number of aryl methyl sites for hydroxylation is 2. The zero-order valence-corrected chi connectivity index (χ0v) is 15.1. The number of pyridine rings is 1. The summed E-state index contributed by atoms with van der Waals surface area (Å²) in [6.45, 7) is 4.46. The number of hydrogen-bond acceptors (Lipinski definition) is 1. The summed E-state index contributed by atoms with van der Waals surface area (Å²) in [5.74, 6) is 6.38. The van der Waals surface area contributed by atoms with E-state index < -0.39 is 0 Å². The molecule has 24 heavy (non-hydrogen) atoms. The minimum atomic E-state index is 0.846. The highest BCUT2D eigenvalue weighted by atomic mass is 14.7. The highest BCUT2D eigenvalue weighted by Crippen LogP contribution is 2.09. The topological polar surface area (TPSA) is 12.9 Å². The van der Waals surface area contributed by atoms with Gasteiger partial charge in [-0.15, -0.1) is 0 Å². The molecule has 1 nitrogen and oxygen atoms in total. The molecule has 0 spiro atoms. The lowest BCUT2D eigenvalue weighted by molar-refractivity contribution is 0.667. The monoisotopic (exact) mass is 319 g/mol. The van der Waals surface area contributed by atoms with Crippen molar-refractivity contribution in [3.05, 3.63) is 65.0 Å². The number of unbranched alkanes of at least 4 members (excludes halogenated alkanes) is 4. The smallest absolute Gasteiger partial charge is 0.113 e. The van der Waals surface area contributed by atoms with Gasteiger partial charge in [0.15, 0.2) is 0 Å². The molecule has 0 saturated carbocycles. The van der Waals surface area contributed by atoms with E-state index in [2.05, 4.69) is 61.0 Å². The molecule has 1 heterocycles. The molecule has 0 fully saturated rings. The molecule has 1 heteroatoms. The SMILES string of the molecule is CCCCCCc1ccc(C#Cc2ccc(CCCC)cn2)cc1. The highest BCUT2D eigenvalue weighted by molar-refractivity contribution is 5.41. The van der Waals surface area contributed by atoms with Gasteiger partial charge in [0.05, 0.1) is 0 Å². The fraction of sp³-hybridized carbons (Fsp3) is 0.435. The molecule has 0 amide bonds. The maximum atomic E-state index is 4.45. The van der Waals surface area contributed by atoms with Gasteiger partial charge in [-0.2, -0.15) is 0 Å². The normalized spacial score (nSPS) is 10.2. The third-order valence-corrected chi connectivity index (χ3v) is 4.25. The lowest BCUT2D eigenvalue weighted by Crippen LogP contribution is -1.89. The summed E-state index contributed by atoms with van der Waals surface area (Å²) in [7, 11) is 0. The molecule has 1 aromatic carbocycles. The van der Waals surface area contributed by atoms with Crippen LogP contribution in [0.25, 0.3) is 0 Å². The first-order chi connectivity index (χ1) is 11.8. The van der Waals surface area contributed by atoms with E-state index in [1.165, 1.54) is 56.1 Å². The van der Waals surface area contributed by atoms with Crippen molar-refractivity contribution in [1.29, 1.82) is 0 Å². The van der Waals surface area contributed by atoms with Crippen LogP contribution in [0.4, 0.5) is 0 Å². The van der Waals surface area contributed by atoms with Crippen LogP contribution in [0.2, 0.25) is 0 Å². The van der Waals surface area contributed by atoms with Gasteiger partial charge >= 0.3 is 0 Å². The number of hydrogen-bond donors (Lipinski definition) is 0. The second-order valence-electron chi connectivity index (χ2n) is 6.41. The van der Waals surface area contributed by atoms with Crippen molar-refractivity contribution in [3.8, 4) is 11.8 Å². The summed E-state index contributed by atoms with van der Waals surface area (Å²) in [5, 5.41) is 0. The van der Waals surface area contributed by atoms with Gasteiger partial charge in [-0.25, -0.2) is 4.98 Å². The standard InChI is InChI=1S/C23H29N/c1-3-5-7-8-10-20-11-13-21(14-12-20)15-17-23-18-16-22(19-24-23)9-6-4-2/h11-14,16,18-19H,3-10H2,1-2H3. The molecule has 0 aliphatic rings. The van der Waals surface area contributed by atoms with Crippen LogP contribution >= 0.6 is 0 Å². The first-order valence-corrected chi connectivity index (χ1v) is 9.37. The third-order valence-electron chi connectivity index (χ3n) is 4.25. The molecule has 0 aliphatic heterocycles. The zero-order valence-electron chi connectivity index (χ0n) is 15.1. The number of rotatable bonds is 8. The highest BCUT2D eigenvalue weighted by Gasteiger charge is 1.95. The molecule has 0 aliphatic carbocycles. The van der Waals surface area contributed by atoms with Crippen molar-refractivity contribution in [1.82, 2.24) is 4.98 Å². The van der Waals surface area contributed by atoms with E-state index in [1.54, 1.807) is 0 Å². The van der Waals surface area contributed by atoms with E-state index in [0.717, 1.165) is 17.7 Å². The first-order valence-electron chi connectivity index (χ1n) is 9.37. The van der Waals surface area contributed by atoms with Crippen LogP contribution in [0, 0.1) is 11.8 Å². The molecule has 0 atom stereocenters. The van der Waals surface area contributed by atoms with Crippen molar-refractivity contribution < 1.29 is 0 Å². The van der Waals surface area contributed by atoms with Crippen LogP contribution in [0.15, 0.2) is 42.6 Å². The molecular formula is C23H29N. The summed E-state index contributed by atoms with van der Waals surface area (Å²) in [5.41, 5.74) is 4.62. The van der Waals surface area contributed by atoms with Crippen molar-refractivity contribution in [2.75, 3.05) is 0 Å². The third kappa shape index (κ3) is 6.59. The van der Waals surface area contributed by atoms with Crippen LogP contribution in [0.3, 0.4) is 0 Å². The van der Waals surface area contributed by atoms with Gasteiger partial charge in [-0.1, -0.05) is 63.7 Å². The van der Waals surface area contributed by atoms with Crippen LogP contribution in [-0.2, 0) is 12.8 Å². The van der Waals surface area contributed by atoms with Crippen LogP contribution in [0.5, 0.6) is 0 Å². The summed E-state index contributed by atoms with van der Waals surface area (Å²) >= 11 is 0. The molecule has 126 valence electrons. The minimum Gasteiger partial charge on any atom is -0.248 e. The summed E-state index contributed by atoms with van der Waals surface area (Å²) in [6.07, 6.45) is 11.9. The number of benzene rings is 1. The Bertz CT molecular complexity index is 641. The Kier molecular flexibility index (Phi) is 8.11. The maximum Gasteiger partial charge on any atom is 0.113 e. The fourth-order valence-electron chi connectivity index (χ4n) is 2.67. The van der Waals surface area contributed by atoms with Gasteiger partial charge in [0.1, 0.15) is 5.69 Å². The molecule has 0 saturated heterocycles. The van der Waals surface area contributed by atoms with Gasteiger partial charge in [0, 0.05) is 11.8 Å². The van der Waals surface area contributed by atoms with Gasteiger partial charge in [0.2, 0.25) is 0 Å². The predicted octanol–water partition coefficient (Wildman–Crippen LogP) is 5.95. The van der Waals surface area contributed by atoms with E-state index >= 15 is 0 Å². The largest absolute Gasteiger partial charge is 0.248 e. The lowest BCUT2D eigenvalue weighted by atomic mass is 10.0. The van der Waals surface area contributed by atoms with E-state index in [-0.39, 0.29) is 0 Å². The van der Waals surface area contributed by atoms with E-state index in [9.17, 15) is 0 Å². The number of nitrogens with zero attached hydrogens (tertiary/aromatic N) is 1. The van der Waals surface area contributed by atoms with Crippen molar-refractivity contribution in [2.45, 2.75) is 65.2 Å². The molecule has 0 radical (unpaired) electrons. The van der Waals surface area contributed by atoms with E-state index in [4.69, 9.17) is 0 Å². The lowest BCUT2D eigenvalue weighted by Gasteiger charge is -2.01. The van der Waals surface area contributed by atoms with E-state index in [0.29, 0.717) is 0 Å². The van der Waals surface area contributed by atoms with E-state index in [1.807, 2.05) is 12.3 Å². The summed E-state index contributed by atoms with van der Waals surface area (Å²) in [6, 6.07) is 12.8. The molecule has 1 aromatic heterocycles. The molecule has 2 rings (SSSR count). The first kappa shape index (κ1) is 18.3. The van der Waals surface area contributed by atoms with Crippen LogP contribution < -0.4 is 0 Å². The maximum absolute atomic E-state index is 4.45. The van der Waals surface area contributed by atoms with Gasteiger partial charge < -0.3 is 0 Å². The second-order valence-corrected chi connectivity index (χ2v) is 6.41. The molecular weight excluding hydrogens is 290 g/mol. The molecule has 0 bridgehead atoms. The second kappa shape index (κ2) is 10.7. The average Bonchev–Trinajstić information content (AvgIpc) is 2.64. The average molecular weight is 319 g/mol. The predicted molar refractivity (Wildman–Crippen MR) is 103 cm³/mol. The van der Waals surface area contributed by atoms with Gasteiger partial charge in [-0.3, -0.25) is 0 Å².